The number of rotatable bonds is 7. The minimum Gasteiger partial charge on any atom is -0.484 e. The van der Waals surface area contributed by atoms with Crippen LogP contribution in [0.25, 0.3) is 0 Å². The van der Waals surface area contributed by atoms with Crippen LogP contribution in [-0.2, 0) is 17.9 Å². The molecule has 0 bridgehead atoms. The number of carboxylic acids is 1. The highest BCUT2D eigenvalue weighted by molar-refractivity contribution is 5.96. The Hall–Kier alpha value is -3.68. The van der Waals surface area contributed by atoms with Crippen LogP contribution < -0.4 is 9.64 Å². The summed E-state index contributed by atoms with van der Waals surface area (Å²) >= 11 is 0. The van der Waals surface area contributed by atoms with Crippen molar-refractivity contribution in [2.24, 2.45) is 0 Å². The van der Waals surface area contributed by atoms with Crippen LogP contribution in [0.2, 0.25) is 0 Å². The Bertz CT molecular complexity index is 1290. The van der Waals surface area contributed by atoms with Crippen molar-refractivity contribution in [1.29, 1.82) is 0 Å². The Balaban J connectivity index is 1.35. The zero-order valence-corrected chi connectivity index (χ0v) is 24.5. The zero-order chi connectivity index (χ0) is 29.1. The summed E-state index contributed by atoms with van der Waals surface area (Å²) in [6, 6.07) is 25.7. The molecule has 0 spiro atoms. The third-order valence-corrected chi connectivity index (χ3v) is 8.55. The van der Waals surface area contributed by atoms with Crippen molar-refractivity contribution < 1.29 is 19.4 Å². The van der Waals surface area contributed by atoms with Gasteiger partial charge in [-0.3, -0.25) is 14.6 Å². The van der Waals surface area contributed by atoms with Gasteiger partial charge in [-0.05, 0) is 86.8 Å². The normalized spacial score (nSPS) is 18.0. The fourth-order valence-electron chi connectivity index (χ4n) is 6.24. The highest BCUT2D eigenvalue weighted by Crippen LogP contribution is 2.29. The van der Waals surface area contributed by atoms with Gasteiger partial charge in [0.05, 0.1) is 5.56 Å². The molecule has 1 fully saturated rings. The van der Waals surface area contributed by atoms with E-state index in [1.54, 1.807) is 12.1 Å². The zero-order valence-electron chi connectivity index (χ0n) is 24.5. The number of carboxylic acid groups (broad SMARTS) is 1. The largest absolute Gasteiger partial charge is 0.484 e. The Labute approximate surface area is 249 Å². The molecule has 2 heterocycles. The summed E-state index contributed by atoms with van der Waals surface area (Å²) in [5.74, 6) is -0.401. The smallest absolute Gasteiger partial charge is 0.335 e. The Kier molecular flexibility index (Phi) is 10.6. The molecule has 3 aromatic rings. The molecule has 2 aliphatic rings. The molecule has 42 heavy (non-hydrogen) atoms. The van der Waals surface area contributed by atoms with Gasteiger partial charge >= 0.3 is 5.97 Å². The van der Waals surface area contributed by atoms with Gasteiger partial charge in [-0.25, -0.2) is 4.79 Å². The Morgan fingerprint density at radius 3 is 2.17 bits per heavy atom. The van der Waals surface area contributed by atoms with Crippen LogP contribution in [0.5, 0.6) is 5.75 Å². The van der Waals surface area contributed by atoms with E-state index in [4.69, 9.17) is 4.74 Å². The quantitative estimate of drug-likeness (QED) is 0.364. The average molecular weight is 570 g/mol. The van der Waals surface area contributed by atoms with Crippen LogP contribution in [0.1, 0.15) is 66.4 Å². The molecule has 222 valence electrons. The number of benzene rings is 3. The van der Waals surface area contributed by atoms with Crippen LogP contribution >= 0.6 is 0 Å². The molecule has 0 saturated carbocycles. The lowest BCUT2D eigenvalue weighted by Gasteiger charge is -2.39. The topological polar surface area (TPSA) is 73.3 Å². The van der Waals surface area contributed by atoms with Crippen molar-refractivity contribution in [2.75, 3.05) is 37.7 Å². The minimum atomic E-state index is -0.949. The van der Waals surface area contributed by atoms with Crippen LogP contribution in [0.15, 0.2) is 78.9 Å². The predicted molar refractivity (Wildman–Crippen MR) is 166 cm³/mol. The van der Waals surface area contributed by atoms with E-state index >= 15 is 0 Å². The summed E-state index contributed by atoms with van der Waals surface area (Å²) in [5.41, 5.74) is 3.30. The van der Waals surface area contributed by atoms with E-state index in [1.165, 1.54) is 5.56 Å². The molecule has 0 aliphatic carbocycles. The molecule has 0 radical (unpaired) electrons. The second kappa shape index (κ2) is 15.0. The first-order valence-corrected chi connectivity index (χ1v) is 15.4. The van der Waals surface area contributed by atoms with Gasteiger partial charge in [-0.1, -0.05) is 67.8 Å². The number of aromatic carboxylic acids is 1. The molecule has 0 aromatic heterocycles. The van der Waals surface area contributed by atoms with Gasteiger partial charge in [0.1, 0.15) is 5.75 Å². The number of fused-ring (bicyclic) bond motifs is 1. The summed E-state index contributed by atoms with van der Waals surface area (Å²) in [7, 11) is 0. The average Bonchev–Trinajstić information content (AvgIpc) is 3.01. The minimum absolute atomic E-state index is 0.0618. The molecule has 1 saturated heterocycles. The van der Waals surface area contributed by atoms with Gasteiger partial charge in [-0.2, -0.15) is 0 Å². The Morgan fingerprint density at radius 1 is 0.786 bits per heavy atom. The van der Waals surface area contributed by atoms with E-state index in [-0.39, 0.29) is 18.1 Å². The van der Waals surface area contributed by atoms with E-state index < -0.39 is 5.97 Å². The molecule has 1 N–H and O–H groups in total. The second-order valence-corrected chi connectivity index (χ2v) is 11.5. The first kappa shape index (κ1) is 29.8. The van der Waals surface area contributed by atoms with Crippen molar-refractivity contribution in [2.45, 2.75) is 64.1 Å². The maximum atomic E-state index is 13.6. The SMILES string of the molecule is O=C(O)c1ccc2c(c1)CN(C1CCN(Cc3ccccc3)CC1)CCCCCCCN2C(=O)COc1ccccc1. The number of para-hydroxylation sites is 1. The lowest BCUT2D eigenvalue weighted by atomic mass is 9.99. The number of nitrogens with zero attached hydrogens (tertiary/aromatic N) is 3. The van der Waals surface area contributed by atoms with E-state index in [0.717, 1.165) is 82.4 Å². The molecule has 2 aliphatic heterocycles. The van der Waals surface area contributed by atoms with Gasteiger partial charge in [0.15, 0.2) is 6.61 Å². The van der Waals surface area contributed by atoms with E-state index in [0.29, 0.717) is 24.9 Å². The third-order valence-electron chi connectivity index (χ3n) is 8.55. The van der Waals surface area contributed by atoms with E-state index in [1.807, 2.05) is 41.3 Å². The number of anilines is 1. The van der Waals surface area contributed by atoms with Gasteiger partial charge in [0, 0.05) is 31.4 Å². The summed E-state index contributed by atoms with van der Waals surface area (Å²) in [6.07, 6.45) is 7.56. The predicted octanol–water partition coefficient (Wildman–Crippen LogP) is 6.23. The summed E-state index contributed by atoms with van der Waals surface area (Å²) < 4.78 is 5.84. The number of hydrogen-bond donors (Lipinski definition) is 1. The second-order valence-electron chi connectivity index (χ2n) is 11.5. The third kappa shape index (κ3) is 8.20. The molecular formula is C35H43N3O4. The number of hydrogen-bond acceptors (Lipinski definition) is 5. The van der Waals surface area contributed by atoms with Gasteiger partial charge in [-0.15, -0.1) is 0 Å². The maximum Gasteiger partial charge on any atom is 0.335 e. The number of carbonyl (C=O) groups excluding carboxylic acids is 1. The first-order chi connectivity index (χ1) is 20.6. The molecule has 7 heteroatoms. The van der Waals surface area contributed by atoms with Crippen LogP contribution in [-0.4, -0.2) is 65.6 Å². The number of ether oxygens (including phenoxy) is 1. The van der Waals surface area contributed by atoms with Crippen LogP contribution in [0.3, 0.4) is 0 Å². The van der Waals surface area contributed by atoms with Gasteiger partial charge < -0.3 is 14.7 Å². The molecule has 1 amide bonds. The monoisotopic (exact) mass is 569 g/mol. The van der Waals surface area contributed by atoms with Crippen molar-refractivity contribution in [3.05, 3.63) is 95.6 Å². The van der Waals surface area contributed by atoms with Crippen molar-refractivity contribution in [1.82, 2.24) is 9.80 Å². The van der Waals surface area contributed by atoms with Crippen LogP contribution in [0, 0.1) is 0 Å². The molecule has 3 aromatic carbocycles. The van der Waals surface area contributed by atoms with Gasteiger partial charge in [0.2, 0.25) is 0 Å². The van der Waals surface area contributed by atoms with E-state index in [2.05, 4.69) is 40.1 Å². The fraction of sp³-hybridized carbons (Fsp3) is 0.429. The highest BCUT2D eigenvalue weighted by atomic mass is 16.5. The number of carbonyl (C=O) groups is 2. The lowest BCUT2D eigenvalue weighted by Crippen LogP contribution is -2.45. The van der Waals surface area contributed by atoms with Crippen LogP contribution in [0.4, 0.5) is 5.69 Å². The highest BCUT2D eigenvalue weighted by Gasteiger charge is 2.27. The number of piperidine rings is 1. The fourth-order valence-corrected chi connectivity index (χ4v) is 6.24. The van der Waals surface area contributed by atoms with Crippen molar-refractivity contribution in [3.8, 4) is 5.75 Å². The standard InChI is InChI=1S/C35H43N3O4/c39-34(27-42-32-14-8-5-9-15-32)38-21-11-3-1-2-10-20-37(26-30-24-29(35(40)41)16-17-33(30)38)31-18-22-36(23-19-31)25-28-12-6-4-7-13-28/h4-9,12-17,24,31H,1-3,10-11,18-23,25-27H2,(H,40,41). The Morgan fingerprint density at radius 2 is 1.45 bits per heavy atom. The number of likely N-dealkylation sites (tertiary alicyclic amines) is 1. The lowest BCUT2D eigenvalue weighted by molar-refractivity contribution is -0.120. The molecule has 7 nitrogen and oxygen atoms in total. The summed E-state index contributed by atoms with van der Waals surface area (Å²) in [4.78, 5) is 32.5. The summed E-state index contributed by atoms with van der Waals surface area (Å²) in [6.45, 7) is 5.19. The first-order valence-electron chi connectivity index (χ1n) is 15.4. The molecule has 0 unspecified atom stereocenters. The maximum absolute atomic E-state index is 13.6. The van der Waals surface area contributed by atoms with Crippen molar-refractivity contribution >= 4 is 17.6 Å². The molecule has 0 atom stereocenters. The molecule has 5 rings (SSSR count). The molecular weight excluding hydrogens is 526 g/mol. The van der Waals surface area contributed by atoms with Crippen molar-refractivity contribution in [3.63, 3.8) is 0 Å². The van der Waals surface area contributed by atoms with Gasteiger partial charge in [0.25, 0.3) is 5.91 Å². The number of amides is 1. The summed E-state index contributed by atoms with van der Waals surface area (Å²) in [5, 5.41) is 9.83. The van der Waals surface area contributed by atoms with E-state index in [9.17, 15) is 14.7 Å².